The first kappa shape index (κ1) is 31.7. The average molecular weight is 549 g/mol. The minimum absolute atomic E-state index is 0.0418. The molecule has 212 valence electrons. The van der Waals surface area contributed by atoms with Crippen LogP contribution < -0.4 is 14.2 Å². The average Bonchev–Trinajstić information content (AvgIpc) is 2.96. The van der Waals surface area contributed by atoms with Crippen molar-refractivity contribution in [2.75, 3.05) is 26.9 Å². The van der Waals surface area contributed by atoms with Crippen LogP contribution in [0.2, 0.25) is 0 Å². The molecule has 0 fully saturated rings. The largest absolute Gasteiger partial charge is 0.494 e. The zero-order valence-electron chi connectivity index (χ0n) is 23.3. The first-order valence-corrected chi connectivity index (χ1v) is 13.1. The second-order valence-corrected chi connectivity index (χ2v) is 8.65. The highest BCUT2D eigenvalue weighted by Crippen LogP contribution is 2.29. The summed E-state index contributed by atoms with van der Waals surface area (Å²) >= 11 is 0. The molecule has 8 nitrogen and oxygen atoms in total. The molecular weight excluding hydrogens is 512 g/mol. The van der Waals surface area contributed by atoms with Gasteiger partial charge in [0.1, 0.15) is 5.75 Å². The highest BCUT2D eigenvalue weighted by Gasteiger charge is 2.13. The lowest BCUT2D eigenvalue weighted by Crippen LogP contribution is -2.09. The van der Waals surface area contributed by atoms with Gasteiger partial charge in [0.2, 0.25) is 0 Å². The van der Waals surface area contributed by atoms with Gasteiger partial charge in [0, 0.05) is 18.1 Å². The number of ether oxygens (including phenoxy) is 5. The molecule has 0 atom stereocenters. The van der Waals surface area contributed by atoms with E-state index in [0.717, 1.165) is 25.7 Å². The molecule has 0 amide bonds. The molecule has 2 aromatic carbocycles. The Labute approximate surface area is 235 Å². The lowest BCUT2D eigenvalue weighted by Gasteiger charge is -2.11. The third kappa shape index (κ3) is 11.9. The Kier molecular flexibility index (Phi) is 14.2. The number of hydrogen-bond acceptors (Lipinski definition) is 8. The maximum atomic E-state index is 12.7. The van der Waals surface area contributed by atoms with Crippen LogP contribution in [0.15, 0.2) is 60.7 Å². The summed E-state index contributed by atoms with van der Waals surface area (Å²) in [6.07, 6.45) is 7.10. The van der Waals surface area contributed by atoms with Crippen LogP contribution in [0, 0.1) is 11.8 Å². The van der Waals surface area contributed by atoms with E-state index < -0.39 is 11.9 Å². The molecule has 0 aliphatic heterocycles. The van der Waals surface area contributed by atoms with E-state index in [1.807, 2.05) is 6.92 Å². The smallest absolute Gasteiger partial charge is 0.343 e. The fourth-order valence-corrected chi connectivity index (χ4v) is 3.25. The van der Waals surface area contributed by atoms with Gasteiger partial charge < -0.3 is 23.7 Å². The fourth-order valence-electron chi connectivity index (χ4n) is 3.25. The Morgan fingerprint density at radius 1 is 0.900 bits per heavy atom. The molecule has 0 aromatic heterocycles. The van der Waals surface area contributed by atoms with Crippen LogP contribution in [0.1, 0.15) is 61.9 Å². The summed E-state index contributed by atoms with van der Waals surface area (Å²) in [6.45, 7) is 8.06. The molecule has 0 saturated carbocycles. The number of rotatable bonds is 15. The van der Waals surface area contributed by atoms with E-state index in [9.17, 15) is 14.4 Å². The number of hydrogen-bond donors (Lipinski definition) is 0. The number of unbranched alkanes of at least 4 members (excludes halogenated alkanes) is 3. The van der Waals surface area contributed by atoms with Gasteiger partial charge in [0.25, 0.3) is 0 Å². The molecule has 0 bridgehead atoms. The zero-order valence-corrected chi connectivity index (χ0v) is 23.3. The molecule has 0 heterocycles. The molecule has 0 aliphatic rings. The van der Waals surface area contributed by atoms with Crippen molar-refractivity contribution in [2.45, 2.75) is 46.0 Å². The fraction of sp³-hybridized carbons (Fsp3) is 0.344. The van der Waals surface area contributed by atoms with E-state index >= 15 is 0 Å². The molecule has 0 radical (unpaired) electrons. The van der Waals surface area contributed by atoms with E-state index in [1.54, 1.807) is 55.5 Å². The summed E-state index contributed by atoms with van der Waals surface area (Å²) in [5, 5.41) is 0. The van der Waals surface area contributed by atoms with Crippen LogP contribution in [0.4, 0.5) is 0 Å². The topological polar surface area (TPSA) is 97.4 Å². The Bertz CT molecular complexity index is 1230. The highest BCUT2D eigenvalue weighted by atomic mass is 16.6. The van der Waals surface area contributed by atoms with Crippen molar-refractivity contribution in [3.63, 3.8) is 0 Å². The predicted octanol–water partition coefficient (Wildman–Crippen LogP) is 5.94. The van der Waals surface area contributed by atoms with Gasteiger partial charge in [0.05, 0.1) is 25.9 Å². The molecule has 0 saturated heterocycles. The lowest BCUT2D eigenvalue weighted by atomic mass is 10.2. The van der Waals surface area contributed by atoms with Crippen molar-refractivity contribution in [3.05, 3.63) is 71.8 Å². The van der Waals surface area contributed by atoms with Crippen molar-refractivity contribution in [1.29, 1.82) is 0 Å². The highest BCUT2D eigenvalue weighted by molar-refractivity contribution is 5.91. The van der Waals surface area contributed by atoms with Crippen molar-refractivity contribution in [3.8, 4) is 29.1 Å². The number of carbonyl (C=O) groups is 3. The first-order chi connectivity index (χ1) is 19.3. The predicted molar refractivity (Wildman–Crippen MR) is 152 cm³/mol. The first-order valence-electron chi connectivity index (χ1n) is 13.1. The monoisotopic (exact) mass is 548 g/mol. The summed E-state index contributed by atoms with van der Waals surface area (Å²) in [7, 11) is 1.46. The summed E-state index contributed by atoms with van der Waals surface area (Å²) in [5.41, 5.74) is 1.43. The maximum absolute atomic E-state index is 12.7. The minimum atomic E-state index is -0.544. The Hall–Kier alpha value is -4.51. The molecule has 0 N–H and O–H groups in total. The maximum Gasteiger partial charge on any atom is 0.343 e. The molecular formula is C32H36O8. The van der Waals surface area contributed by atoms with Crippen molar-refractivity contribution < 1.29 is 38.1 Å². The Morgan fingerprint density at radius 2 is 1.62 bits per heavy atom. The Morgan fingerprint density at radius 3 is 2.30 bits per heavy atom. The van der Waals surface area contributed by atoms with E-state index in [1.165, 1.54) is 13.2 Å². The minimum Gasteiger partial charge on any atom is -0.494 e. The van der Waals surface area contributed by atoms with Gasteiger partial charge in [-0.05, 0) is 80.6 Å². The molecule has 2 aromatic rings. The third-order valence-corrected chi connectivity index (χ3v) is 5.37. The summed E-state index contributed by atoms with van der Waals surface area (Å²) < 4.78 is 26.7. The molecule has 8 heteroatoms. The molecule has 0 unspecified atom stereocenters. The molecule has 40 heavy (non-hydrogen) atoms. The molecule has 0 spiro atoms. The van der Waals surface area contributed by atoms with Crippen molar-refractivity contribution in [2.24, 2.45) is 0 Å². The van der Waals surface area contributed by atoms with Gasteiger partial charge in [-0.2, -0.15) is 0 Å². The summed E-state index contributed by atoms with van der Waals surface area (Å²) in [4.78, 5) is 35.8. The van der Waals surface area contributed by atoms with E-state index in [4.69, 9.17) is 23.7 Å². The van der Waals surface area contributed by atoms with E-state index in [0.29, 0.717) is 47.8 Å². The van der Waals surface area contributed by atoms with Gasteiger partial charge in [-0.25, -0.2) is 14.4 Å². The SMILES string of the molecule is C=C(C)C(=O)OCCCCCCOc1ccc(C(=O)Oc2ccc(/C=C/C(=O)OCC#CCC)cc2OC)cc1. The second-order valence-electron chi connectivity index (χ2n) is 8.65. The van der Waals surface area contributed by atoms with E-state index in [2.05, 4.69) is 18.4 Å². The lowest BCUT2D eigenvalue weighted by molar-refractivity contribution is -0.139. The van der Waals surface area contributed by atoms with Gasteiger partial charge in [0.15, 0.2) is 18.1 Å². The zero-order chi connectivity index (χ0) is 29.2. The van der Waals surface area contributed by atoms with Crippen LogP contribution in [0.5, 0.6) is 17.2 Å². The molecule has 0 aliphatic carbocycles. The van der Waals surface area contributed by atoms with E-state index in [-0.39, 0.29) is 18.3 Å². The second kappa shape index (κ2) is 17.9. The van der Waals surface area contributed by atoms with Crippen LogP contribution in [-0.2, 0) is 19.1 Å². The van der Waals surface area contributed by atoms with Gasteiger partial charge in [-0.3, -0.25) is 0 Å². The van der Waals surface area contributed by atoms with Crippen LogP contribution >= 0.6 is 0 Å². The van der Waals surface area contributed by atoms with Crippen LogP contribution in [0.25, 0.3) is 6.08 Å². The van der Waals surface area contributed by atoms with Crippen molar-refractivity contribution in [1.82, 2.24) is 0 Å². The molecule has 2 rings (SSSR count). The Balaban J connectivity index is 1.79. The number of methoxy groups -OCH3 is 1. The quantitative estimate of drug-likeness (QED) is 0.0887. The number of esters is 3. The van der Waals surface area contributed by atoms with Gasteiger partial charge in [-0.1, -0.05) is 25.5 Å². The van der Waals surface area contributed by atoms with Crippen LogP contribution in [0.3, 0.4) is 0 Å². The van der Waals surface area contributed by atoms with Gasteiger partial charge in [-0.15, -0.1) is 5.92 Å². The normalized spacial score (nSPS) is 10.3. The van der Waals surface area contributed by atoms with Gasteiger partial charge >= 0.3 is 17.9 Å². The summed E-state index contributed by atoms with van der Waals surface area (Å²) in [5.74, 6) is 5.38. The number of benzene rings is 2. The van der Waals surface area contributed by atoms with Crippen LogP contribution in [-0.4, -0.2) is 44.8 Å². The summed E-state index contributed by atoms with van der Waals surface area (Å²) in [6, 6.07) is 11.6. The standard InChI is InChI=1S/C32H36O8/c1-5-6-9-21-38-30(33)19-13-25-12-18-28(29(23-25)36-4)40-32(35)26-14-16-27(17-15-26)37-20-10-7-8-11-22-39-31(34)24(2)3/h12-19,23H,2,5,7-8,10-11,20-22H2,1,3-4H3/b19-13+. The number of carbonyl (C=O) groups excluding carboxylic acids is 3. The third-order valence-electron chi connectivity index (χ3n) is 5.37. The van der Waals surface area contributed by atoms with Crippen molar-refractivity contribution >= 4 is 24.0 Å².